The van der Waals surface area contributed by atoms with E-state index in [-0.39, 0.29) is 10.4 Å². The number of hydrogen-bond acceptors (Lipinski definition) is 3. The third-order valence-electron chi connectivity index (χ3n) is 3.10. The third kappa shape index (κ3) is 0.407. The average molecular weight is 167 g/mol. The number of nitrogens with zero attached hydrogens (tertiary/aromatic N) is 1. The van der Waals surface area contributed by atoms with Crippen molar-refractivity contribution in [1.82, 2.24) is 4.90 Å². The van der Waals surface area contributed by atoms with Crippen molar-refractivity contribution in [3.8, 4) is 0 Å². The van der Waals surface area contributed by atoms with Crippen molar-refractivity contribution in [2.45, 2.75) is 17.3 Å². The Morgan fingerprint density at radius 1 is 1.73 bits per heavy atom. The molecular formula is C8H9NOS. The Labute approximate surface area is 69.6 Å². The summed E-state index contributed by atoms with van der Waals surface area (Å²) < 4.78 is 0. The van der Waals surface area contributed by atoms with Crippen molar-refractivity contribution in [1.29, 1.82) is 0 Å². The highest BCUT2D eigenvalue weighted by Gasteiger charge is 2.79. The maximum absolute atomic E-state index is 11.5. The number of carbonyl (C=O) groups excluding carboxylic acids is 1. The Morgan fingerprint density at radius 3 is 3.18 bits per heavy atom. The lowest BCUT2D eigenvalue weighted by Crippen LogP contribution is -2.20. The highest BCUT2D eigenvalue weighted by molar-refractivity contribution is 8.02. The molecule has 3 atom stereocenters. The molecule has 3 unspecified atom stereocenters. The molecule has 0 aromatic heterocycles. The van der Waals surface area contributed by atoms with Gasteiger partial charge in [0.05, 0.1) is 5.54 Å². The maximum atomic E-state index is 11.5. The zero-order valence-electron chi connectivity index (χ0n) is 6.33. The van der Waals surface area contributed by atoms with Crippen LogP contribution in [0.15, 0.2) is 12.2 Å². The minimum Gasteiger partial charge on any atom is -0.292 e. The minimum absolute atomic E-state index is 0.0903. The summed E-state index contributed by atoms with van der Waals surface area (Å²) in [7, 11) is 0. The van der Waals surface area contributed by atoms with Crippen LogP contribution in [0.1, 0.15) is 6.92 Å². The summed E-state index contributed by atoms with van der Waals surface area (Å²) in [6.07, 6.45) is 3.80. The molecule has 0 aromatic carbocycles. The van der Waals surface area contributed by atoms with Gasteiger partial charge >= 0.3 is 0 Å². The molecule has 3 aliphatic rings. The topological polar surface area (TPSA) is 20.1 Å². The zero-order valence-corrected chi connectivity index (χ0v) is 7.15. The van der Waals surface area contributed by atoms with E-state index in [2.05, 4.69) is 17.9 Å². The van der Waals surface area contributed by atoms with Crippen LogP contribution in [-0.2, 0) is 4.79 Å². The molecule has 2 nitrogen and oxygen atoms in total. The predicted molar refractivity (Wildman–Crippen MR) is 44.4 cm³/mol. The molecule has 3 rings (SSSR count). The molecule has 2 fully saturated rings. The zero-order chi connectivity index (χ0) is 7.69. The van der Waals surface area contributed by atoms with Crippen LogP contribution in [0.3, 0.4) is 0 Å². The van der Waals surface area contributed by atoms with Crippen molar-refractivity contribution in [3.63, 3.8) is 0 Å². The van der Waals surface area contributed by atoms with E-state index in [4.69, 9.17) is 0 Å². The van der Waals surface area contributed by atoms with Gasteiger partial charge in [0.2, 0.25) is 0 Å². The maximum Gasteiger partial charge on any atom is 0.188 e. The quantitative estimate of drug-likeness (QED) is 0.494. The van der Waals surface area contributed by atoms with Gasteiger partial charge in [-0.15, -0.1) is 11.8 Å². The van der Waals surface area contributed by atoms with E-state index in [0.717, 1.165) is 12.3 Å². The van der Waals surface area contributed by atoms with Gasteiger partial charge in [-0.25, -0.2) is 0 Å². The molecule has 0 amide bonds. The first-order valence-corrected chi connectivity index (χ1v) is 4.86. The Bertz CT molecular complexity index is 288. The van der Waals surface area contributed by atoms with Gasteiger partial charge in [0.25, 0.3) is 0 Å². The number of fused-ring (bicyclic) bond motifs is 1. The van der Waals surface area contributed by atoms with Crippen LogP contribution < -0.4 is 0 Å². The van der Waals surface area contributed by atoms with Crippen LogP contribution in [0.4, 0.5) is 0 Å². The van der Waals surface area contributed by atoms with E-state index in [1.54, 1.807) is 6.08 Å². The molecule has 2 saturated heterocycles. The van der Waals surface area contributed by atoms with Crippen LogP contribution in [0.2, 0.25) is 0 Å². The van der Waals surface area contributed by atoms with Crippen LogP contribution in [0.5, 0.6) is 0 Å². The molecule has 11 heavy (non-hydrogen) atoms. The predicted octanol–water partition coefficient (Wildman–Crippen LogP) is 0.643. The number of carbonyl (C=O) groups is 1. The van der Waals surface area contributed by atoms with Gasteiger partial charge in [0.1, 0.15) is 0 Å². The first-order valence-electron chi connectivity index (χ1n) is 3.87. The van der Waals surface area contributed by atoms with Gasteiger partial charge in [0, 0.05) is 12.3 Å². The fourth-order valence-electron chi connectivity index (χ4n) is 2.44. The smallest absolute Gasteiger partial charge is 0.188 e. The number of hydrogen-bond donors (Lipinski definition) is 0. The second kappa shape index (κ2) is 1.43. The highest BCUT2D eigenvalue weighted by atomic mass is 32.2. The van der Waals surface area contributed by atoms with E-state index in [9.17, 15) is 4.79 Å². The molecule has 58 valence electrons. The molecule has 0 N–H and O–H groups in total. The molecule has 3 heteroatoms. The molecule has 1 spiro atoms. The van der Waals surface area contributed by atoms with Gasteiger partial charge in [-0.2, -0.15) is 0 Å². The Morgan fingerprint density at radius 2 is 2.55 bits per heavy atom. The van der Waals surface area contributed by atoms with Crippen LogP contribution in [0, 0.1) is 0 Å². The number of thioether (sulfide) groups is 1. The van der Waals surface area contributed by atoms with Gasteiger partial charge in [0.15, 0.2) is 10.7 Å². The third-order valence-corrected chi connectivity index (χ3v) is 4.74. The lowest BCUT2D eigenvalue weighted by atomic mass is 10.1. The van der Waals surface area contributed by atoms with E-state index in [1.807, 2.05) is 11.8 Å². The highest BCUT2D eigenvalue weighted by Crippen LogP contribution is 2.66. The summed E-state index contributed by atoms with van der Waals surface area (Å²) in [6.45, 7) is 3.23. The van der Waals surface area contributed by atoms with Crippen molar-refractivity contribution in [2.75, 3.05) is 12.3 Å². The van der Waals surface area contributed by atoms with E-state index in [0.29, 0.717) is 5.78 Å². The largest absolute Gasteiger partial charge is 0.292 e. The van der Waals surface area contributed by atoms with Gasteiger partial charge in [-0.3, -0.25) is 9.69 Å². The summed E-state index contributed by atoms with van der Waals surface area (Å²) >= 11 is 1.81. The van der Waals surface area contributed by atoms with Crippen LogP contribution >= 0.6 is 11.8 Å². The summed E-state index contributed by atoms with van der Waals surface area (Å²) in [5.41, 5.74) is 0.0903. The minimum atomic E-state index is -0.132. The van der Waals surface area contributed by atoms with Crippen LogP contribution in [-0.4, -0.2) is 33.4 Å². The van der Waals surface area contributed by atoms with Crippen molar-refractivity contribution in [2.24, 2.45) is 0 Å². The van der Waals surface area contributed by atoms with E-state index < -0.39 is 0 Å². The molecule has 0 radical (unpaired) electrons. The standard InChI is InChI=1S/C8H9NOS/c1-7-3-2-6(10)8(7)9(7)4-5-11-8/h2-3H,4-5H2,1H3. The lowest BCUT2D eigenvalue weighted by molar-refractivity contribution is -0.115. The Balaban J connectivity index is 2.16. The molecule has 0 saturated carbocycles. The second-order valence-corrected chi connectivity index (χ2v) is 4.78. The van der Waals surface area contributed by atoms with Crippen molar-refractivity contribution < 1.29 is 4.79 Å². The average Bonchev–Trinajstić information content (AvgIpc) is 2.41. The SMILES string of the molecule is CC12C=CC(=O)C13SCCN23. The van der Waals surface area contributed by atoms with E-state index >= 15 is 0 Å². The number of rotatable bonds is 0. The summed E-state index contributed by atoms with van der Waals surface area (Å²) in [5.74, 6) is 1.42. The number of ketones is 1. The Kier molecular flexibility index (Phi) is 0.815. The first kappa shape index (κ1) is 6.26. The lowest BCUT2D eigenvalue weighted by Gasteiger charge is -2.06. The molecule has 1 aliphatic carbocycles. The van der Waals surface area contributed by atoms with Crippen LogP contribution in [0.25, 0.3) is 0 Å². The molecule has 2 heterocycles. The molecule has 2 aliphatic heterocycles. The fraction of sp³-hybridized carbons (Fsp3) is 0.625. The van der Waals surface area contributed by atoms with Gasteiger partial charge < -0.3 is 0 Å². The monoisotopic (exact) mass is 167 g/mol. The van der Waals surface area contributed by atoms with Crippen molar-refractivity contribution in [3.05, 3.63) is 12.2 Å². The van der Waals surface area contributed by atoms with Gasteiger partial charge in [-0.1, -0.05) is 6.08 Å². The van der Waals surface area contributed by atoms with Gasteiger partial charge in [-0.05, 0) is 13.0 Å². The second-order valence-electron chi connectivity index (χ2n) is 3.49. The summed E-state index contributed by atoms with van der Waals surface area (Å²) in [4.78, 5) is 13.6. The first-order chi connectivity index (χ1) is 5.22. The molecule has 0 bridgehead atoms. The Hall–Kier alpha value is -0.280. The fourth-order valence-corrected chi connectivity index (χ4v) is 4.08. The summed E-state index contributed by atoms with van der Waals surface area (Å²) in [6, 6.07) is 0. The molecular weight excluding hydrogens is 158 g/mol. The molecule has 0 aromatic rings. The normalized spacial score (nSPS) is 57.9. The van der Waals surface area contributed by atoms with E-state index in [1.165, 1.54) is 0 Å². The summed E-state index contributed by atoms with van der Waals surface area (Å²) in [5, 5.41) is 0. The van der Waals surface area contributed by atoms with Crippen molar-refractivity contribution >= 4 is 17.5 Å².